The number of carbonyl (C=O) groups is 1. The van der Waals surface area contributed by atoms with Gasteiger partial charge in [-0.3, -0.25) is 19.8 Å². The zero-order chi connectivity index (χ0) is 25.1. The molecule has 7 nitrogen and oxygen atoms in total. The molecule has 0 unspecified atom stereocenters. The van der Waals surface area contributed by atoms with Crippen LogP contribution in [0.5, 0.6) is 11.5 Å². The molecule has 0 radical (unpaired) electrons. The van der Waals surface area contributed by atoms with Crippen LogP contribution in [-0.4, -0.2) is 22.3 Å². The highest BCUT2D eigenvalue weighted by molar-refractivity contribution is 9.10. The molecule has 1 saturated heterocycles. The van der Waals surface area contributed by atoms with Crippen LogP contribution >= 0.6 is 39.9 Å². The third-order valence-corrected chi connectivity index (χ3v) is 7.25. The maximum Gasteiger partial charge on any atom is 0.270 e. The second-order valence-electron chi connectivity index (χ2n) is 7.54. The molecule has 1 aliphatic rings. The van der Waals surface area contributed by atoms with Gasteiger partial charge in [-0.2, -0.15) is 0 Å². The predicted molar refractivity (Wildman–Crippen MR) is 145 cm³/mol. The summed E-state index contributed by atoms with van der Waals surface area (Å²) in [4.78, 5) is 25.6. The Morgan fingerprint density at radius 3 is 2.51 bits per heavy atom. The number of nitro benzene ring substituents is 1. The Labute approximate surface area is 220 Å². The van der Waals surface area contributed by atoms with Gasteiger partial charge in [0.05, 0.1) is 22.6 Å². The van der Waals surface area contributed by atoms with Crippen LogP contribution in [0.15, 0.2) is 70.0 Å². The van der Waals surface area contributed by atoms with E-state index in [0.29, 0.717) is 25.2 Å². The summed E-state index contributed by atoms with van der Waals surface area (Å²) in [6.45, 7) is 2.14. The zero-order valence-electron chi connectivity index (χ0n) is 18.7. The summed E-state index contributed by atoms with van der Waals surface area (Å²) < 4.78 is 12.6. The van der Waals surface area contributed by atoms with Gasteiger partial charge in [0.2, 0.25) is 0 Å². The summed E-state index contributed by atoms with van der Waals surface area (Å²) in [6, 6.07) is 17.3. The van der Waals surface area contributed by atoms with Gasteiger partial charge in [0, 0.05) is 16.6 Å². The summed E-state index contributed by atoms with van der Waals surface area (Å²) in [5, 5.41) is 10.8. The summed E-state index contributed by atoms with van der Waals surface area (Å²) >= 11 is 10.3. The van der Waals surface area contributed by atoms with E-state index < -0.39 is 4.92 Å². The Hall–Kier alpha value is -3.21. The van der Waals surface area contributed by atoms with E-state index in [1.54, 1.807) is 35.2 Å². The minimum absolute atomic E-state index is 0.0197. The van der Waals surface area contributed by atoms with E-state index in [0.717, 1.165) is 22.4 Å². The highest BCUT2D eigenvalue weighted by Crippen LogP contribution is 2.40. The van der Waals surface area contributed by atoms with E-state index in [4.69, 9.17) is 21.7 Å². The number of nitro groups is 1. The van der Waals surface area contributed by atoms with Crippen molar-refractivity contribution in [1.82, 2.24) is 0 Å². The lowest BCUT2D eigenvalue weighted by Gasteiger charge is -2.16. The molecule has 0 aromatic heterocycles. The van der Waals surface area contributed by atoms with Crippen molar-refractivity contribution >= 4 is 67.6 Å². The number of rotatable bonds is 7. The molecule has 3 aromatic carbocycles. The van der Waals surface area contributed by atoms with Gasteiger partial charge in [-0.25, -0.2) is 0 Å². The normalized spacial score (nSPS) is 14.5. The van der Waals surface area contributed by atoms with Crippen molar-refractivity contribution in [2.24, 2.45) is 0 Å². The van der Waals surface area contributed by atoms with Crippen molar-refractivity contribution in [1.29, 1.82) is 0 Å². The maximum atomic E-state index is 13.2. The number of para-hydroxylation sites is 1. The second-order valence-corrected chi connectivity index (χ2v) is 10.1. The third kappa shape index (κ3) is 5.39. The number of anilines is 1. The number of thiocarbonyl (C=S) groups is 1. The first-order valence-electron chi connectivity index (χ1n) is 10.4. The number of methoxy groups -OCH3 is 1. The molecule has 178 valence electrons. The molecule has 1 heterocycles. The number of ether oxygens (including phenoxy) is 2. The van der Waals surface area contributed by atoms with Crippen molar-refractivity contribution in [2.45, 2.75) is 13.5 Å². The maximum absolute atomic E-state index is 13.2. The third-order valence-electron chi connectivity index (χ3n) is 5.26. The summed E-state index contributed by atoms with van der Waals surface area (Å²) in [6.07, 6.45) is 1.77. The lowest BCUT2D eigenvalue weighted by molar-refractivity contribution is -0.384. The smallest absolute Gasteiger partial charge is 0.270 e. The number of carbonyl (C=O) groups excluding carboxylic acids is 1. The van der Waals surface area contributed by atoms with Gasteiger partial charge < -0.3 is 9.47 Å². The van der Waals surface area contributed by atoms with Crippen LogP contribution in [-0.2, 0) is 11.4 Å². The number of halogens is 1. The number of amides is 1. The summed E-state index contributed by atoms with van der Waals surface area (Å²) in [5.74, 6) is 0.789. The van der Waals surface area contributed by atoms with Gasteiger partial charge in [-0.05, 0) is 60.0 Å². The molecule has 10 heteroatoms. The molecule has 0 aliphatic carbocycles. The number of hydrogen-bond acceptors (Lipinski definition) is 7. The molecule has 4 rings (SSSR count). The molecule has 0 bridgehead atoms. The molecule has 1 aliphatic heterocycles. The van der Waals surface area contributed by atoms with Crippen molar-refractivity contribution in [2.75, 3.05) is 12.0 Å². The zero-order valence-corrected chi connectivity index (χ0v) is 21.9. The van der Waals surface area contributed by atoms with Gasteiger partial charge in [0.1, 0.15) is 6.61 Å². The van der Waals surface area contributed by atoms with E-state index in [-0.39, 0.29) is 18.2 Å². The fraction of sp³-hybridized carbons (Fsp3) is 0.120. The molecule has 0 N–H and O–H groups in total. The van der Waals surface area contributed by atoms with Gasteiger partial charge in [0.15, 0.2) is 15.8 Å². The van der Waals surface area contributed by atoms with E-state index in [1.807, 2.05) is 31.2 Å². The van der Waals surface area contributed by atoms with E-state index >= 15 is 0 Å². The minimum Gasteiger partial charge on any atom is -0.493 e. The predicted octanol–water partition coefficient (Wildman–Crippen LogP) is 6.66. The molecular formula is C25H19BrN2O5S2. The SMILES string of the molecule is COc1cc(/C=C2/SC(=S)N(c3ccccc3C)C2=O)c(Br)cc1OCc1ccc([N+](=O)[O-])cc1. The monoisotopic (exact) mass is 570 g/mol. The Morgan fingerprint density at radius 2 is 1.86 bits per heavy atom. The fourth-order valence-corrected chi connectivity index (χ4v) is 5.15. The fourth-order valence-electron chi connectivity index (χ4n) is 3.44. The molecule has 3 aromatic rings. The van der Waals surface area contributed by atoms with Crippen LogP contribution in [0, 0.1) is 17.0 Å². The van der Waals surface area contributed by atoms with Crippen molar-refractivity contribution < 1.29 is 19.2 Å². The van der Waals surface area contributed by atoms with Crippen LogP contribution in [0.4, 0.5) is 11.4 Å². The Kier molecular flexibility index (Phi) is 7.54. The van der Waals surface area contributed by atoms with Crippen LogP contribution in [0.3, 0.4) is 0 Å². The van der Waals surface area contributed by atoms with E-state index in [1.165, 1.54) is 31.0 Å². The number of benzene rings is 3. The quantitative estimate of drug-likeness (QED) is 0.136. The van der Waals surface area contributed by atoms with Crippen LogP contribution in [0.2, 0.25) is 0 Å². The Balaban J connectivity index is 1.56. The first-order chi connectivity index (χ1) is 16.8. The molecule has 0 atom stereocenters. The number of non-ortho nitro benzene ring substituents is 1. The lowest BCUT2D eigenvalue weighted by Crippen LogP contribution is -2.28. The lowest BCUT2D eigenvalue weighted by atomic mass is 10.1. The molecular weight excluding hydrogens is 552 g/mol. The first kappa shape index (κ1) is 24.9. The first-order valence-corrected chi connectivity index (χ1v) is 12.4. The van der Waals surface area contributed by atoms with E-state index in [2.05, 4.69) is 15.9 Å². The van der Waals surface area contributed by atoms with Crippen molar-refractivity contribution in [3.63, 3.8) is 0 Å². The number of nitrogens with zero attached hydrogens (tertiary/aromatic N) is 2. The van der Waals surface area contributed by atoms with Crippen molar-refractivity contribution in [3.05, 3.63) is 96.8 Å². The number of hydrogen-bond donors (Lipinski definition) is 0. The average Bonchev–Trinajstić information content (AvgIpc) is 3.12. The van der Waals surface area contributed by atoms with Crippen LogP contribution in [0.25, 0.3) is 6.08 Å². The summed E-state index contributed by atoms with van der Waals surface area (Å²) in [7, 11) is 1.53. The van der Waals surface area contributed by atoms with Gasteiger partial charge in [-0.1, -0.05) is 58.1 Å². The Morgan fingerprint density at radius 1 is 1.14 bits per heavy atom. The number of aryl methyl sites for hydroxylation is 1. The highest BCUT2D eigenvalue weighted by atomic mass is 79.9. The largest absolute Gasteiger partial charge is 0.493 e. The average molecular weight is 571 g/mol. The number of thioether (sulfide) groups is 1. The van der Waals surface area contributed by atoms with Gasteiger partial charge >= 0.3 is 0 Å². The Bertz CT molecular complexity index is 1360. The van der Waals surface area contributed by atoms with Crippen molar-refractivity contribution in [3.8, 4) is 11.5 Å². The highest BCUT2D eigenvalue weighted by Gasteiger charge is 2.34. The second kappa shape index (κ2) is 10.6. The molecule has 0 spiro atoms. The summed E-state index contributed by atoms with van der Waals surface area (Å²) in [5.41, 5.74) is 3.26. The topological polar surface area (TPSA) is 81.9 Å². The van der Waals surface area contributed by atoms with E-state index in [9.17, 15) is 14.9 Å². The minimum atomic E-state index is -0.446. The molecule has 1 fully saturated rings. The standard InChI is InChI=1S/C25H19BrN2O5S2/c1-15-5-3-4-6-20(15)27-24(29)23(35-25(27)34)12-17-11-21(32-2)22(13-19(17)26)33-14-16-7-9-18(10-8-16)28(30)31/h3-13H,14H2,1-2H3/b23-12+. The molecule has 35 heavy (non-hydrogen) atoms. The molecule has 0 saturated carbocycles. The van der Waals surface area contributed by atoms with Crippen LogP contribution in [0.1, 0.15) is 16.7 Å². The van der Waals surface area contributed by atoms with Gasteiger partial charge in [0.25, 0.3) is 11.6 Å². The van der Waals surface area contributed by atoms with Gasteiger partial charge in [-0.15, -0.1) is 0 Å². The van der Waals surface area contributed by atoms with Crippen LogP contribution < -0.4 is 14.4 Å². The molecule has 1 amide bonds.